The van der Waals surface area contributed by atoms with Crippen molar-refractivity contribution in [1.29, 1.82) is 0 Å². The summed E-state index contributed by atoms with van der Waals surface area (Å²) in [5, 5.41) is 6.86. The zero-order valence-electron chi connectivity index (χ0n) is 17.9. The van der Waals surface area contributed by atoms with Gasteiger partial charge in [0.25, 0.3) is 11.8 Å². The zero-order valence-corrected chi connectivity index (χ0v) is 19.5. The van der Waals surface area contributed by atoms with Crippen molar-refractivity contribution >= 4 is 35.0 Å². The summed E-state index contributed by atoms with van der Waals surface area (Å²) in [6.45, 7) is 0.765. The summed E-state index contributed by atoms with van der Waals surface area (Å²) in [5.74, 6) is -0.160. The number of hydrogen-bond acceptors (Lipinski definition) is 4. The van der Waals surface area contributed by atoms with E-state index >= 15 is 0 Å². The summed E-state index contributed by atoms with van der Waals surface area (Å²) >= 11 is 12.0. The Labute approximate surface area is 198 Å². The molecule has 2 aromatic rings. The van der Waals surface area contributed by atoms with Gasteiger partial charge >= 0.3 is 0 Å². The fraction of sp³-hybridized carbons (Fsp3) is 0.417. The number of nitrogens with zero attached hydrogens (tertiary/aromatic N) is 1. The van der Waals surface area contributed by atoms with Crippen LogP contribution in [0.3, 0.4) is 0 Å². The number of benzene rings is 2. The summed E-state index contributed by atoms with van der Waals surface area (Å²) < 4.78 is 5.64. The molecule has 2 aliphatic rings. The maximum absolute atomic E-state index is 12.6. The second kappa shape index (κ2) is 10.1. The SMILES string of the molecule is CNC(=O)c1cc(Cl)ccc1OCC(=O)NC1CC2CCC(C1)N2Cc1ccc(Cl)cc1. The van der Waals surface area contributed by atoms with E-state index in [4.69, 9.17) is 27.9 Å². The first-order valence-electron chi connectivity index (χ1n) is 10.9. The van der Waals surface area contributed by atoms with Gasteiger partial charge in [0.15, 0.2) is 6.61 Å². The van der Waals surface area contributed by atoms with Gasteiger partial charge in [0.05, 0.1) is 5.56 Å². The van der Waals surface area contributed by atoms with E-state index in [-0.39, 0.29) is 24.5 Å². The van der Waals surface area contributed by atoms with E-state index in [1.807, 2.05) is 12.1 Å². The second-order valence-corrected chi connectivity index (χ2v) is 9.30. The minimum Gasteiger partial charge on any atom is -0.483 e. The Bertz CT molecular complexity index is 969. The van der Waals surface area contributed by atoms with Crippen molar-refractivity contribution in [3.63, 3.8) is 0 Å². The second-order valence-electron chi connectivity index (χ2n) is 8.43. The lowest BCUT2D eigenvalue weighted by molar-refractivity contribution is -0.124. The third kappa shape index (κ3) is 5.37. The molecule has 0 saturated carbocycles. The van der Waals surface area contributed by atoms with Crippen LogP contribution in [0.25, 0.3) is 0 Å². The number of rotatable bonds is 7. The Morgan fingerprint density at radius 1 is 1.03 bits per heavy atom. The third-order valence-corrected chi connectivity index (χ3v) is 6.79. The highest BCUT2D eigenvalue weighted by Gasteiger charge is 2.40. The molecule has 2 atom stereocenters. The van der Waals surface area contributed by atoms with Crippen LogP contribution in [0.2, 0.25) is 10.0 Å². The highest BCUT2D eigenvalue weighted by Crippen LogP contribution is 2.37. The van der Waals surface area contributed by atoms with Crippen LogP contribution >= 0.6 is 23.2 Å². The lowest BCUT2D eigenvalue weighted by atomic mass is 9.96. The lowest BCUT2D eigenvalue weighted by Gasteiger charge is -2.39. The third-order valence-electron chi connectivity index (χ3n) is 6.30. The van der Waals surface area contributed by atoms with Gasteiger partial charge in [0, 0.05) is 41.8 Å². The van der Waals surface area contributed by atoms with E-state index in [0.717, 1.165) is 37.3 Å². The summed E-state index contributed by atoms with van der Waals surface area (Å²) in [5.41, 5.74) is 1.57. The molecule has 2 fully saturated rings. The van der Waals surface area contributed by atoms with E-state index in [1.165, 1.54) is 18.7 Å². The minimum absolute atomic E-state index is 0.133. The number of nitrogens with one attached hydrogen (secondary N) is 2. The molecule has 2 aliphatic heterocycles. The largest absolute Gasteiger partial charge is 0.483 e. The van der Waals surface area contributed by atoms with Gasteiger partial charge in [-0.1, -0.05) is 35.3 Å². The van der Waals surface area contributed by atoms with E-state index in [0.29, 0.717) is 28.4 Å². The molecule has 2 heterocycles. The molecule has 8 heteroatoms. The molecule has 4 rings (SSSR count). The van der Waals surface area contributed by atoms with Gasteiger partial charge in [-0.05, 0) is 61.6 Å². The van der Waals surface area contributed by atoms with Crippen molar-refractivity contribution in [3.05, 3.63) is 63.6 Å². The van der Waals surface area contributed by atoms with Crippen LogP contribution in [0.15, 0.2) is 42.5 Å². The van der Waals surface area contributed by atoms with Crippen molar-refractivity contribution in [2.75, 3.05) is 13.7 Å². The molecular formula is C24H27Cl2N3O3. The number of carbonyl (C=O) groups excluding carboxylic acids is 2. The molecule has 6 nitrogen and oxygen atoms in total. The predicted octanol–water partition coefficient (Wildman–Crippen LogP) is 4.04. The average Bonchev–Trinajstić information content (AvgIpc) is 3.01. The minimum atomic E-state index is -0.312. The number of amides is 2. The number of fused-ring (bicyclic) bond motifs is 2. The van der Waals surface area contributed by atoms with Crippen molar-refractivity contribution in [2.45, 2.75) is 50.4 Å². The fourth-order valence-electron chi connectivity index (χ4n) is 4.80. The van der Waals surface area contributed by atoms with Crippen LogP contribution in [0, 0.1) is 0 Å². The first kappa shape index (κ1) is 22.9. The zero-order chi connectivity index (χ0) is 22.7. The van der Waals surface area contributed by atoms with Gasteiger partial charge < -0.3 is 15.4 Å². The molecule has 2 saturated heterocycles. The normalized spacial score (nSPS) is 22.4. The highest BCUT2D eigenvalue weighted by atomic mass is 35.5. The van der Waals surface area contributed by atoms with Crippen molar-refractivity contribution < 1.29 is 14.3 Å². The van der Waals surface area contributed by atoms with Crippen molar-refractivity contribution in [2.24, 2.45) is 0 Å². The van der Waals surface area contributed by atoms with E-state index < -0.39 is 0 Å². The van der Waals surface area contributed by atoms with E-state index in [9.17, 15) is 9.59 Å². The monoisotopic (exact) mass is 475 g/mol. The fourth-order valence-corrected chi connectivity index (χ4v) is 5.10. The van der Waals surface area contributed by atoms with Crippen LogP contribution in [-0.2, 0) is 11.3 Å². The Kier molecular flexibility index (Phi) is 7.23. The number of ether oxygens (including phenoxy) is 1. The predicted molar refractivity (Wildman–Crippen MR) is 125 cm³/mol. The molecule has 0 aliphatic carbocycles. The van der Waals surface area contributed by atoms with Crippen molar-refractivity contribution in [1.82, 2.24) is 15.5 Å². The van der Waals surface area contributed by atoms with Crippen LogP contribution in [0.1, 0.15) is 41.6 Å². The highest BCUT2D eigenvalue weighted by molar-refractivity contribution is 6.31. The first-order valence-corrected chi connectivity index (χ1v) is 11.6. The molecule has 0 radical (unpaired) electrons. The molecular weight excluding hydrogens is 449 g/mol. The number of hydrogen-bond donors (Lipinski definition) is 2. The molecule has 2 unspecified atom stereocenters. The maximum atomic E-state index is 12.6. The van der Waals surface area contributed by atoms with Gasteiger partial charge in [-0.3, -0.25) is 14.5 Å². The molecule has 32 heavy (non-hydrogen) atoms. The smallest absolute Gasteiger partial charge is 0.258 e. The molecule has 2 N–H and O–H groups in total. The molecule has 170 valence electrons. The lowest BCUT2D eigenvalue weighted by Crippen LogP contribution is -2.50. The standard InChI is InChI=1S/C24H27Cl2N3O3/c1-27-24(31)21-10-17(26)6-9-22(21)32-14-23(30)28-18-11-19-7-8-20(12-18)29(19)13-15-2-4-16(25)5-3-15/h2-6,9-10,18-20H,7-8,11-14H2,1H3,(H,27,31)(H,28,30). The van der Waals surface area contributed by atoms with Crippen LogP contribution in [0.4, 0.5) is 0 Å². The Morgan fingerprint density at radius 2 is 1.69 bits per heavy atom. The van der Waals surface area contributed by atoms with Crippen LogP contribution < -0.4 is 15.4 Å². The van der Waals surface area contributed by atoms with Crippen LogP contribution in [-0.4, -0.2) is 48.5 Å². The number of piperidine rings is 1. The van der Waals surface area contributed by atoms with Crippen LogP contribution in [0.5, 0.6) is 5.75 Å². The van der Waals surface area contributed by atoms with E-state index in [1.54, 1.807) is 12.1 Å². The summed E-state index contributed by atoms with van der Waals surface area (Å²) in [4.78, 5) is 27.2. The summed E-state index contributed by atoms with van der Waals surface area (Å²) in [6, 6.07) is 13.9. The number of carbonyl (C=O) groups is 2. The van der Waals surface area contributed by atoms with Gasteiger partial charge in [-0.15, -0.1) is 0 Å². The van der Waals surface area contributed by atoms with Gasteiger partial charge in [0.2, 0.25) is 0 Å². The molecule has 2 amide bonds. The van der Waals surface area contributed by atoms with Gasteiger partial charge in [-0.2, -0.15) is 0 Å². The Morgan fingerprint density at radius 3 is 2.34 bits per heavy atom. The van der Waals surface area contributed by atoms with E-state index in [2.05, 4.69) is 27.7 Å². The Balaban J connectivity index is 1.30. The Hall–Kier alpha value is -2.28. The molecule has 0 spiro atoms. The first-order chi connectivity index (χ1) is 15.4. The topological polar surface area (TPSA) is 70.7 Å². The maximum Gasteiger partial charge on any atom is 0.258 e. The quantitative estimate of drug-likeness (QED) is 0.633. The molecule has 0 aromatic heterocycles. The average molecular weight is 476 g/mol. The molecule has 2 aromatic carbocycles. The molecule has 2 bridgehead atoms. The van der Waals surface area contributed by atoms with Crippen molar-refractivity contribution in [3.8, 4) is 5.75 Å². The van der Waals surface area contributed by atoms with Gasteiger partial charge in [0.1, 0.15) is 5.75 Å². The summed E-state index contributed by atoms with van der Waals surface area (Å²) in [6.07, 6.45) is 4.17. The number of halogens is 2. The summed E-state index contributed by atoms with van der Waals surface area (Å²) in [7, 11) is 1.54. The van der Waals surface area contributed by atoms with Gasteiger partial charge in [-0.25, -0.2) is 0 Å².